The van der Waals surface area contributed by atoms with Crippen molar-refractivity contribution >= 4 is 20.9 Å². The highest BCUT2D eigenvalue weighted by molar-refractivity contribution is 7.87. The normalized spacial score (nSPS) is 22.6. The number of alkyl halides is 6. The molecule has 1 N–H and O–H groups in total. The van der Waals surface area contributed by atoms with Crippen LogP contribution in [0.3, 0.4) is 0 Å². The third-order valence-electron chi connectivity index (χ3n) is 8.81. The summed E-state index contributed by atoms with van der Waals surface area (Å²) in [5.74, 6) is -7.20. The van der Waals surface area contributed by atoms with Crippen molar-refractivity contribution in [2.75, 3.05) is 0 Å². The van der Waals surface area contributed by atoms with Crippen LogP contribution in [0.1, 0.15) is 131 Å². The van der Waals surface area contributed by atoms with Gasteiger partial charge in [0, 0.05) is 0 Å². The van der Waals surface area contributed by atoms with Crippen molar-refractivity contribution in [3.8, 4) is 0 Å². The highest BCUT2D eigenvalue weighted by Crippen LogP contribution is 2.53. The molecule has 4 nitrogen and oxygen atoms in total. The summed E-state index contributed by atoms with van der Waals surface area (Å²) >= 11 is 0. The zero-order valence-electron chi connectivity index (χ0n) is 21.7. The van der Waals surface area contributed by atoms with Crippen LogP contribution in [-0.4, -0.2) is 33.6 Å². The molecular weight excluding hydrogens is 566 g/mol. The molecule has 0 saturated heterocycles. The Labute approximate surface area is 228 Å². The summed E-state index contributed by atoms with van der Waals surface area (Å²) in [7, 11) is -11.0. The lowest BCUT2D eigenvalue weighted by atomic mass is 9.76. The minimum Gasteiger partial charge on any atom is -0.281 e. The van der Waals surface area contributed by atoms with Gasteiger partial charge in [-0.2, -0.15) is 34.8 Å². The second kappa shape index (κ2) is 11.6. The van der Waals surface area contributed by atoms with E-state index in [1.165, 1.54) is 0 Å². The molecule has 4 rings (SSSR count). The fourth-order valence-electron chi connectivity index (χ4n) is 6.59. The van der Waals surface area contributed by atoms with Crippen molar-refractivity contribution in [2.45, 2.75) is 135 Å². The molecule has 12 heteroatoms. The molecule has 0 aromatic heterocycles. The molecule has 1 unspecified atom stereocenters. The molecule has 39 heavy (non-hydrogen) atoms. The van der Waals surface area contributed by atoms with Gasteiger partial charge in [0.05, 0.1) is 4.90 Å². The number of hydrogen-bond donors (Lipinski definition) is 1. The maximum atomic E-state index is 15.4. The van der Waals surface area contributed by atoms with Crippen LogP contribution in [0.4, 0.5) is 26.3 Å². The predicted octanol–water partition coefficient (Wildman–Crippen LogP) is 8.65. The van der Waals surface area contributed by atoms with E-state index in [1.54, 1.807) is 12.1 Å². The average Bonchev–Trinajstić information content (AvgIpc) is 2.92. The third kappa shape index (κ3) is 5.80. The smallest absolute Gasteiger partial charge is 0.281 e. The molecule has 0 amide bonds. The van der Waals surface area contributed by atoms with Gasteiger partial charge in [0.25, 0.3) is 0 Å². The van der Waals surface area contributed by atoms with Crippen molar-refractivity contribution in [1.82, 2.24) is 0 Å². The highest BCUT2D eigenvalue weighted by atomic mass is 32.2. The van der Waals surface area contributed by atoms with Crippen LogP contribution in [0.15, 0.2) is 17.0 Å². The molecule has 0 radical (unpaired) electrons. The molecule has 0 spiro atoms. The van der Waals surface area contributed by atoms with Crippen LogP contribution in [0.2, 0.25) is 0 Å². The Bertz CT molecular complexity index is 1110. The average molecular weight is 603 g/mol. The van der Waals surface area contributed by atoms with E-state index >= 15 is 8.78 Å². The molecule has 3 saturated carbocycles. The third-order valence-corrected chi connectivity index (χ3v) is 11.3. The lowest BCUT2D eigenvalue weighted by molar-refractivity contribution is -0.244. The SMILES string of the molecule is O=S(c1c(C2CCCCC2)cc(C2CCCCC2)cc1C1CCCCC1)C(F)(F)C(F)(F)C(F)(F)S(=O)(=O)O. The van der Waals surface area contributed by atoms with Crippen LogP contribution >= 0.6 is 0 Å². The Morgan fingerprint density at radius 1 is 0.667 bits per heavy atom. The standard InChI is InChI=1S/C27H36F6O4S2/c28-25(29,27(32,33)39(35,36)37)26(30,31)38(34)24-22(19-12-6-2-7-13-19)16-21(18-10-4-1-5-11-18)17-23(24)20-14-8-3-9-15-20/h16-20H,1-15H2,(H,35,36,37). The lowest BCUT2D eigenvalue weighted by Gasteiger charge is -2.35. The van der Waals surface area contributed by atoms with Crippen LogP contribution in [-0.2, 0) is 20.9 Å². The van der Waals surface area contributed by atoms with Crippen molar-refractivity contribution in [2.24, 2.45) is 0 Å². The van der Waals surface area contributed by atoms with Gasteiger partial charge in [-0.15, -0.1) is 0 Å². The van der Waals surface area contributed by atoms with Crippen LogP contribution in [0.5, 0.6) is 0 Å². The molecule has 0 heterocycles. The Morgan fingerprint density at radius 3 is 1.38 bits per heavy atom. The molecule has 222 valence electrons. The van der Waals surface area contributed by atoms with Crippen LogP contribution < -0.4 is 0 Å². The zero-order valence-corrected chi connectivity index (χ0v) is 23.4. The van der Waals surface area contributed by atoms with E-state index in [-0.39, 0.29) is 28.9 Å². The van der Waals surface area contributed by atoms with Crippen molar-refractivity contribution in [1.29, 1.82) is 0 Å². The van der Waals surface area contributed by atoms with Crippen molar-refractivity contribution < 1.29 is 43.5 Å². The first-order valence-corrected chi connectivity index (χ1v) is 16.5. The Hall–Kier alpha value is -1.14. The molecule has 1 aromatic rings. The number of benzene rings is 1. The number of rotatable bonds is 8. The molecule has 0 bridgehead atoms. The largest absolute Gasteiger partial charge is 0.439 e. The monoisotopic (exact) mass is 602 g/mol. The van der Waals surface area contributed by atoms with Gasteiger partial charge in [-0.1, -0.05) is 69.9 Å². The van der Waals surface area contributed by atoms with E-state index in [2.05, 4.69) is 0 Å². The first-order valence-electron chi connectivity index (χ1n) is 13.9. The second-order valence-corrected chi connectivity index (χ2v) is 14.3. The summed E-state index contributed by atoms with van der Waals surface area (Å²) in [6.45, 7) is 0. The fourth-order valence-corrected chi connectivity index (χ4v) is 8.61. The Morgan fingerprint density at radius 2 is 1.03 bits per heavy atom. The molecular formula is C27H36F6O4S2. The molecule has 1 aromatic carbocycles. The Kier molecular flexibility index (Phi) is 9.18. The summed E-state index contributed by atoms with van der Waals surface area (Å²) in [4.78, 5) is -0.552. The van der Waals surface area contributed by atoms with Gasteiger partial charge < -0.3 is 0 Å². The zero-order chi connectivity index (χ0) is 28.6. The van der Waals surface area contributed by atoms with Gasteiger partial charge >= 0.3 is 26.5 Å². The minimum atomic E-state index is -6.94. The van der Waals surface area contributed by atoms with Gasteiger partial charge in [-0.3, -0.25) is 4.55 Å². The van der Waals surface area contributed by atoms with E-state index < -0.39 is 42.2 Å². The first-order chi connectivity index (χ1) is 18.2. The lowest BCUT2D eigenvalue weighted by Crippen LogP contribution is -2.59. The fraction of sp³-hybridized carbons (Fsp3) is 0.778. The molecule has 0 aliphatic heterocycles. The van der Waals surface area contributed by atoms with E-state index in [4.69, 9.17) is 4.55 Å². The van der Waals surface area contributed by atoms with Crippen molar-refractivity contribution in [3.05, 3.63) is 28.8 Å². The van der Waals surface area contributed by atoms with Gasteiger partial charge in [0.15, 0.2) is 0 Å². The molecule has 3 aliphatic rings. The van der Waals surface area contributed by atoms with Gasteiger partial charge in [0.1, 0.15) is 10.8 Å². The quantitative estimate of drug-likeness (QED) is 0.239. The second-order valence-electron chi connectivity index (χ2n) is 11.4. The predicted molar refractivity (Wildman–Crippen MR) is 137 cm³/mol. The van der Waals surface area contributed by atoms with E-state index in [0.717, 1.165) is 76.2 Å². The summed E-state index contributed by atoms with van der Waals surface area (Å²) in [6, 6.07) is 3.36. The topological polar surface area (TPSA) is 71.4 Å². The van der Waals surface area contributed by atoms with Crippen molar-refractivity contribution in [3.63, 3.8) is 0 Å². The van der Waals surface area contributed by atoms with E-state index in [9.17, 15) is 30.2 Å². The van der Waals surface area contributed by atoms with E-state index in [0.29, 0.717) is 25.7 Å². The summed E-state index contributed by atoms with van der Waals surface area (Å²) < 4.78 is 133. The number of halogens is 6. The van der Waals surface area contributed by atoms with Crippen LogP contribution in [0, 0.1) is 0 Å². The van der Waals surface area contributed by atoms with Gasteiger partial charge in [-0.25, -0.2) is 4.21 Å². The number of hydrogen-bond acceptors (Lipinski definition) is 3. The van der Waals surface area contributed by atoms with Gasteiger partial charge in [0.2, 0.25) is 0 Å². The molecule has 3 aliphatic carbocycles. The maximum Gasteiger partial charge on any atom is 0.439 e. The first kappa shape index (κ1) is 30.8. The summed E-state index contributed by atoms with van der Waals surface area (Å²) in [5.41, 5.74) is 1.36. The Balaban J connectivity index is 1.92. The minimum absolute atomic E-state index is 0.136. The summed E-state index contributed by atoms with van der Waals surface area (Å²) in [6.07, 6.45) is 11.9. The summed E-state index contributed by atoms with van der Waals surface area (Å²) in [5, 5.41) is -12.5. The van der Waals surface area contributed by atoms with Gasteiger partial charge in [-0.05, 0) is 73.0 Å². The maximum absolute atomic E-state index is 15.4. The molecule has 3 fully saturated rings. The molecule has 1 atom stereocenters. The van der Waals surface area contributed by atoms with E-state index in [1.807, 2.05) is 0 Å². The highest BCUT2D eigenvalue weighted by Gasteiger charge is 2.80. The van der Waals surface area contributed by atoms with Crippen LogP contribution in [0.25, 0.3) is 0 Å².